The van der Waals surface area contributed by atoms with Gasteiger partial charge in [-0.25, -0.2) is 13.8 Å². The van der Waals surface area contributed by atoms with Crippen LogP contribution in [0.2, 0.25) is 5.02 Å². The number of anilines is 2. The van der Waals surface area contributed by atoms with Crippen LogP contribution < -0.4 is 10.6 Å². The van der Waals surface area contributed by atoms with Crippen molar-refractivity contribution in [2.24, 2.45) is 0 Å². The summed E-state index contributed by atoms with van der Waals surface area (Å²) in [4.78, 5) is 20.7. The molecule has 0 bridgehead atoms. The number of hydrogen-bond donors (Lipinski definition) is 3. The average molecular weight is 547 g/mol. The van der Waals surface area contributed by atoms with Crippen LogP contribution >= 0.6 is 11.6 Å². The van der Waals surface area contributed by atoms with Crippen molar-refractivity contribution in [2.45, 2.75) is 32.0 Å². The standard InChI is InChI=1S/C27H20ClF5N4O/c1-12(2)36-17-9-19-22(23(25-24(19)34-11-35-25)18-8-15(29)3-4-20(18)28)21(10-17)37-26(38)13-5-14(27(31,32)33)7-16(30)6-13/h3-12,23,36H,1-2H3,(H,34,35)(H,37,38). The van der Waals surface area contributed by atoms with Crippen molar-refractivity contribution in [3.63, 3.8) is 0 Å². The molecule has 3 aromatic carbocycles. The Kier molecular flexibility index (Phi) is 6.38. The normalized spacial score (nSPS) is 14.4. The maximum Gasteiger partial charge on any atom is 0.416 e. The molecule has 0 saturated heterocycles. The van der Waals surface area contributed by atoms with Crippen molar-refractivity contribution in [2.75, 3.05) is 10.6 Å². The zero-order valence-corrected chi connectivity index (χ0v) is 20.7. The van der Waals surface area contributed by atoms with Gasteiger partial charge in [0.2, 0.25) is 0 Å². The van der Waals surface area contributed by atoms with Gasteiger partial charge in [-0.1, -0.05) is 11.6 Å². The number of rotatable bonds is 5. The van der Waals surface area contributed by atoms with Gasteiger partial charge in [0.05, 0.1) is 29.2 Å². The van der Waals surface area contributed by atoms with Gasteiger partial charge < -0.3 is 15.6 Å². The smallest absolute Gasteiger partial charge is 0.383 e. The number of carbonyl (C=O) groups excluding carboxylic acids is 1. The Labute approximate surface area is 219 Å². The lowest BCUT2D eigenvalue weighted by molar-refractivity contribution is -0.137. The molecule has 1 atom stereocenters. The molecule has 4 aromatic rings. The number of halogens is 6. The van der Waals surface area contributed by atoms with E-state index in [0.29, 0.717) is 45.9 Å². The van der Waals surface area contributed by atoms with Crippen molar-refractivity contribution in [3.05, 3.63) is 99.5 Å². The minimum Gasteiger partial charge on any atom is -0.383 e. The van der Waals surface area contributed by atoms with Gasteiger partial charge in [-0.3, -0.25) is 4.79 Å². The molecule has 1 unspecified atom stereocenters. The molecule has 0 spiro atoms. The summed E-state index contributed by atoms with van der Waals surface area (Å²) in [5.41, 5.74) is 1.73. The molecular formula is C27H20ClF5N4O. The van der Waals surface area contributed by atoms with Gasteiger partial charge in [0.15, 0.2) is 0 Å². The maximum atomic E-state index is 14.3. The second-order valence-corrected chi connectivity index (χ2v) is 9.64. The number of carbonyl (C=O) groups is 1. The van der Waals surface area contributed by atoms with E-state index in [1.807, 2.05) is 19.9 Å². The van der Waals surface area contributed by atoms with Crippen LogP contribution in [0.25, 0.3) is 11.3 Å². The molecule has 3 N–H and O–H groups in total. The largest absolute Gasteiger partial charge is 0.416 e. The molecule has 1 aliphatic carbocycles. The SMILES string of the molecule is CC(C)Nc1cc(NC(=O)c2cc(F)cc(C(F)(F)F)c2)c2c(c1)-c1nc[nH]c1C2c1cc(F)ccc1Cl. The van der Waals surface area contributed by atoms with Crippen LogP contribution in [0.1, 0.15) is 52.5 Å². The lowest BCUT2D eigenvalue weighted by Gasteiger charge is -2.21. The Morgan fingerprint density at radius 3 is 2.53 bits per heavy atom. The fraction of sp³-hybridized carbons (Fsp3) is 0.185. The number of amides is 1. The number of hydrogen-bond acceptors (Lipinski definition) is 3. The summed E-state index contributed by atoms with van der Waals surface area (Å²) in [5.74, 6) is -3.35. The number of H-pyrrole nitrogens is 1. The van der Waals surface area contributed by atoms with Crippen LogP contribution in [0, 0.1) is 11.6 Å². The maximum absolute atomic E-state index is 14.3. The molecule has 1 aromatic heterocycles. The van der Waals surface area contributed by atoms with Gasteiger partial charge in [-0.05, 0) is 73.5 Å². The van der Waals surface area contributed by atoms with E-state index in [0.717, 1.165) is 6.07 Å². The summed E-state index contributed by atoms with van der Waals surface area (Å²) < 4.78 is 68.1. The lowest BCUT2D eigenvalue weighted by atomic mass is 9.90. The number of imidazole rings is 1. The molecule has 0 saturated carbocycles. The topological polar surface area (TPSA) is 69.8 Å². The molecule has 5 rings (SSSR count). The number of nitrogens with one attached hydrogen (secondary N) is 3. The highest BCUT2D eigenvalue weighted by Crippen LogP contribution is 2.52. The van der Waals surface area contributed by atoms with E-state index >= 15 is 0 Å². The van der Waals surface area contributed by atoms with Gasteiger partial charge in [0.1, 0.15) is 11.6 Å². The van der Waals surface area contributed by atoms with E-state index in [9.17, 15) is 26.7 Å². The molecule has 0 radical (unpaired) electrons. The average Bonchev–Trinajstić information content (AvgIpc) is 3.41. The zero-order chi connectivity index (χ0) is 27.4. The number of benzene rings is 3. The third kappa shape index (κ3) is 4.71. The Bertz CT molecular complexity index is 1560. The van der Waals surface area contributed by atoms with E-state index in [-0.39, 0.29) is 16.8 Å². The molecule has 1 heterocycles. The van der Waals surface area contributed by atoms with Crippen LogP contribution in [0.5, 0.6) is 0 Å². The molecule has 11 heteroatoms. The summed E-state index contributed by atoms with van der Waals surface area (Å²) in [7, 11) is 0. The van der Waals surface area contributed by atoms with Gasteiger partial charge in [-0.15, -0.1) is 0 Å². The second-order valence-electron chi connectivity index (χ2n) is 9.23. The molecule has 38 heavy (non-hydrogen) atoms. The van der Waals surface area contributed by atoms with Gasteiger partial charge in [0, 0.05) is 33.6 Å². The monoisotopic (exact) mass is 546 g/mol. The third-order valence-corrected chi connectivity index (χ3v) is 6.49. The van der Waals surface area contributed by atoms with Crippen LogP contribution in [-0.4, -0.2) is 21.9 Å². The number of aromatic amines is 1. The summed E-state index contributed by atoms with van der Waals surface area (Å²) in [5, 5.41) is 6.15. The molecule has 196 valence electrons. The summed E-state index contributed by atoms with van der Waals surface area (Å²) >= 11 is 6.46. The van der Waals surface area contributed by atoms with E-state index in [2.05, 4.69) is 20.6 Å². The van der Waals surface area contributed by atoms with Crippen LogP contribution in [0.4, 0.5) is 33.3 Å². The Hall–Kier alpha value is -3.92. The van der Waals surface area contributed by atoms with Crippen LogP contribution in [-0.2, 0) is 6.18 Å². The van der Waals surface area contributed by atoms with Gasteiger partial charge in [0.25, 0.3) is 5.91 Å². The first-order chi connectivity index (χ1) is 17.9. The predicted octanol–water partition coefficient (Wildman–Crippen LogP) is 7.59. The summed E-state index contributed by atoms with van der Waals surface area (Å²) in [6.45, 7) is 3.82. The van der Waals surface area contributed by atoms with Gasteiger partial charge in [-0.2, -0.15) is 13.2 Å². The third-order valence-electron chi connectivity index (χ3n) is 6.14. The highest BCUT2D eigenvalue weighted by atomic mass is 35.5. The number of aromatic nitrogens is 2. The number of nitrogens with zero attached hydrogens (tertiary/aromatic N) is 1. The first kappa shape index (κ1) is 25.7. The molecule has 5 nitrogen and oxygen atoms in total. The fourth-order valence-electron chi connectivity index (χ4n) is 4.69. The fourth-order valence-corrected chi connectivity index (χ4v) is 4.92. The summed E-state index contributed by atoms with van der Waals surface area (Å²) in [6, 6.07) is 8.99. The van der Waals surface area contributed by atoms with Gasteiger partial charge >= 0.3 is 6.18 Å². The minimum atomic E-state index is -4.84. The van der Waals surface area contributed by atoms with Crippen molar-refractivity contribution in [1.29, 1.82) is 0 Å². The molecular weight excluding hydrogens is 527 g/mol. The Morgan fingerprint density at radius 1 is 1.05 bits per heavy atom. The van der Waals surface area contributed by atoms with Crippen molar-refractivity contribution < 1.29 is 26.7 Å². The molecule has 1 amide bonds. The Morgan fingerprint density at radius 2 is 1.82 bits per heavy atom. The molecule has 1 aliphatic rings. The van der Waals surface area contributed by atoms with Crippen molar-refractivity contribution >= 4 is 28.9 Å². The predicted molar refractivity (Wildman–Crippen MR) is 134 cm³/mol. The first-order valence-electron chi connectivity index (χ1n) is 11.5. The van der Waals surface area contributed by atoms with E-state index < -0.39 is 40.8 Å². The lowest BCUT2D eigenvalue weighted by Crippen LogP contribution is -2.17. The van der Waals surface area contributed by atoms with Crippen molar-refractivity contribution in [1.82, 2.24) is 9.97 Å². The van der Waals surface area contributed by atoms with Crippen LogP contribution in [0.3, 0.4) is 0 Å². The molecule has 0 fully saturated rings. The number of fused-ring (bicyclic) bond motifs is 3. The first-order valence-corrected chi connectivity index (χ1v) is 11.9. The van der Waals surface area contributed by atoms with E-state index in [1.165, 1.54) is 24.5 Å². The quantitative estimate of drug-likeness (QED) is 0.199. The van der Waals surface area contributed by atoms with E-state index in [4.69, 9.17) is 11.6 Å². The minimum absolute atomic E-state index is 0.00248. The zero-order valence-electron chi connectivity index (χ0n) is 20.0. The van der Waals surface area contributed by atoms with Crippen LogP contribution in [0.15, 0.2) is 54.9 Å². The number of alkyl halides is 3. The van der Waals surface area contributed by atoms with Crippen molar-refractivity contribution in [3.8, 4) is 11.3 Å². The highest BCUT2D eigenvalue weighted by molar-refractivity contribution is 6.31. The van der Waals surface area contributed by atoms with E-state index in [1.54, 1.807) is 6.07 Å². The molecule has 0 aliphatic heterocycles. The summed E-state index contributed by atoms with van der Waals surface area (Å²) in [6.07, 6.45) is -3.35. The Balaban J connectivity index is 1.67. The highest BCUT2D eigenvalue weighted by Gasteiger charge is 2.37. The second kappa shape index (κ2) is 9.43.